The van der Waals surface area contributed by atoms with Crippen molar-refractivity contribution in [2.24, 2.45) is 5.92 Å². The van der Waals surface area contributed by atoms with Gasteiger partial charge in [0.05, 0.1) is 16.5 Å². The van der Waals surface area contributed by atoms with Gasteiger partial charge in [0.2, 0.25) is 5.91 Å². The monoisotopic (exact) mass is 429 g/mol. The molecule has 0 saturated carbocycles. The number of nitrogens with one attached hydrogen (secondary N) is 2. The third kappa shape index (κ3) is 5.15. The van der Waals surface area contributed by atoms with E-state index < -0.39 is 30.3 Å². The Bertz CT molecular complexity index is 977. The summed E-state index contributed by atoms with van der Waals surface area (Å²) < 4.78 is 4.99. The van der Waals surface area contributed by atoms with E-state index in [4.69, 9.17) is 16.3 Å². The first-order chi connectivity index (χ1) is 14.3. The van der Waals surface area contributed by atoms with Crippen LogP contribution in [-0.2, 0) is 19.1 Å². The van der Waals surface area contributed by atoms with Crippen LogP contribution < -0.4 is 15.8 Å². The Morgan fingerprint density at radius 3 is 2.50 bits per heavy atom. The number of ether oxygens (including phenoxy) is 1. The molecule has 1 fully saturated rings. The third-order valence-corrected chi connectivity index (χ3v) is 4.91. The molecule has 1 atom stereocenters. The molecule has 1 aliphatic rings. The lowest BCUT2D eigenvalue weighted by molar-refractivity contribution is -0.152. The fourth-order valence-corrected chi connectivity index (χ4v) is 3.19. The molecule has 0 unspecified atom stereocenters. The van der Waals surface area contributed by atoms with Gasteiger partial charge in [-0.2, -0.15) is 0 Å². The highest BCUT2D eigenvalue weighted by Gasteiger charge is 2.36. The average molecular weight is 430 g/mol. The van der Waals surface area contributed by atoms with E-state index in [0.717, 1.165) is 5.56 Å². The van der Waals surface area contributed by atoms with Crippen molar-refractivity contribution in [2.45, 2.75) is 13.3 Å². The second-order valence-electron chi connectivity index (χ2n) is 6.83. The van der Waals surface area contributed by atoms with Gasteiger partial charge in [-0.15, -0.1) is 0 Å². The van der Waals surface area contributed by atoms with E-state index in [2.05, 4.69) is 10.9 Å². The molecule has 3 amide bonds. The lowest BCUT2D eigenvalue weighted by atomic mass is 10.1. The van der Waals surface area contributed by atoms with Crippen LogP contribution in [0, 0.1) is 12.8 Å². The number of hydrogen-bond donors (Lipinski definition) is 2. The summed E-state index contributed by atoms with van der Waals surface area (Å²) in [7, 11) is 0. The summed E-state index contributed by atoms with van der Waals surface area (Å²) in [6.07, 6.45) is 0.0115. The zero-order valence-corrected chi connectivity index (χ0v) is 16.9. The summed E-state index contributed by atoms with van der Waals surface area (Å²) in [6, 6.07) is 13.7. The van der Waals surface area contributed by atoms with Gasteiger partial charge in [-0.05, 0) is 31.2 Å². The molecular formula is C21H20ClN3O5. The number of esters is 1. The normalized spacial score (nSPS) is 15.6. The van der Waals surface area contributed by atoms with Gasteiger partial charge in [0.15, 0.2) is 6.61 Å². The predicted molar refractivity (Wildman–Crippen MR) is 110 cm³/mol. The van der Waals surface area contributed by atoms with E-state index in [1.54, 1.807) is 18.2 Å². The number of hydrazine groups is 1. The number of aryl methyl sites for hydroxylation is 1. The summed E-state index contributed by atoms with van der Waals surface area (Å²) in [5.74, 6) is -2.81. The molecular weight excluding hydrogens is 410 g/mol. The third-order valence-electron chi connectivity index (χ3n) is 4.58. The van der Waals surface area contributed by atoms with Crippen LogP contribution in [0.15, 0.2) is 48.5 Å². The van der Waals surface area contributed by atoms with Crippen molar-refractivity contribution >= 4 is 41.0 Å². The maximum atomic E-state index is 12.2. The standard InChI is InChI=1S/C21H20ClN3O5/c1-13-6-8-15(9-7-13)25-11-14(10-19(25)27)21(29)30-12-18(26)23-24-20(28)16-4-2-3-5-17(16)22/h2-9,14H,10-12H2,1H3,(H,23,26)(H,24,28)/t14-/m0/s1. The minimum absolute atomic E-state index is 0.0115. The van der Waals surface area contributed by atoms with E-state index in [0.29, 0.717) is 5.69 Å². The number of nitrogens with zero attached hydrogens (tertiary/aromatic N) is 1. The molecule has 156 valence electrons. The Morgan fingerprint density at radius 2 is 1.80 bits per heavy atom. The summed E-state index contributed by atoms with van der Waals surface area (Å²) in [6.45, 7) is 1.54. The van der Waals surface area contributed by atoms with Gasteiger partial charge in [0.25, 0.3) is 11.8 Å². The largest absolute Gasteiger partial charge is 0.455 e. The summed E-state index contributed by atoms with van der Waals surface area (Å²) in [5, 5.41) is 0.236. The van der Waals surface area contributed by atoms with Crippen molar-refractivity contribution in [1.29, 1.82) is 0 Å². The Hall–Kier alpha value is -3.39. The second-order valence-corrected chi connectivity index (χ2v) is 7.24. The Labute approximate surface area is 178 Å². The fraction of sp³-hybridized carbons (Fsp3) is 0.238. The minimum Gasteiger partial charge on any atom is -0.455 e. The number of rotatable bonds is 5. The molecule has 1 saturated heterocycles. The van der Waals surface area contributed by atoms with Gasteiger partial charge < -0.3 is 9.64 Å². The van der Waals surface area contributed by atoms with Gasteiger partial charge in [-0.3, -0.25) is 30.0 Å². The Kier molecular flexibility index (Phi) is 6.68. The number of hydrogen-bond acceptors (Lipinski definition) is 5. The highest BCUT2D eigenvalue weighted by molar-refractivity contribution is 6.33. The summed E-state index contributed by atoms with van der Waals surface area (Å²) in [4.78, 5) is 49.8. The van der Waals surface area contributed by atoms with E-state index in [1.165, 1.54) is 11.0 Å². The topological polar surface area (TPSA) is 105 Å². The zero-order chi connectivity index (χ0) is 21.7. The van der Waals surface area contributed by atoms with Crippen LogP contribution in [0.5, 0.6) is 0 Å². The van der Waals surface area contributed by atoms with Gasteiger partial charge >= 0.3 is 5.97 Å². The molecule has 0 spiro atoms. The lowest BCUT2D eigenvalue weighted by Gasteiger charge is -2.16. The molecule has 2 N–H and O–H groups in total. The predicted octanol–water partition coefficient (Wildman–Crippen LogP) is 2.01. The van der Waals surface area contributed by atoms with Crippen molar-refractivity contribution in [2.75, 3.05) is 18.1 Å². The Balaban J connectivity index is 1.45. The molecule has 0 aliphatic carbocycles. The number of carbonyl (C=O) groups is 4. The number of benzene rings is 2. The quantitative estimate of drug-likeness (QED) is 0.558. The first kappa shape index (κ1) is 21.3. The molecule has 9 heteroatoms. The first-order valence-corrected chi connectivity index (χ1v) is 9.60. The molecule has 2 aromatic rings. The molecule has 0 radical (unpaired) electrons. The number of anilines is 1. The smallest absolute Gasteiger partial charge is 0.311 e. The second kappa shape index (κ2) is 9.41. The van der Waals surface area contributed by atoms with Crippen molar-refractivity contribution in [3.05, 3.63) is 64.7 Å². The summed E-state index contributed by atoms with van der Waals surface area (Å²) >= 11 is 5.91. The van der Waals surface area contributed by atoms with Crippen molar-refractivity contribution in [3.63, 3.8) is 0 Å². The van der Waals surface area contributed by atoms with E-state index in [1.807, 2.05) is 31.2 Å². The van der Waals surface area contributed by atoms with Crippen LogP contribution in [0.3, 0.4) is 0 Å². The molecule has 0 aromatic heterocycles. The molecule has 1 aliphatic heterocycles. The molecule has 1 heterocycles. The van der Waals surface area contributed by atoms with Crippen molar-refractivity contribution < 1.29 is 23.9 Å². The van der Waals surface area contributed by atoms with Gasteiger partial charge in [0.1, 0.15) is 0 Å². The number of amides is 3. The first-order valence-electron chi connectivity index (χ1n) is 9.22. The van der Waals surface area contributed by atoms with Gasteiger partial charge in [0, 0.05) is 18.7 Å². The molecule has 0 bridgehead atoms. The van der Waals surface area contributed by atoms with Crippen LogP contribution in [0.2, 0.25) is 5.02 Å². The molecule has 8 nitrogen and oxygen atoms in total. The number of halogens is 1. The highest BCUT2D eigenvalue weighted by Crippen LogP contribution is 2.26. The van der Waals surface area contributed by atoms with Crippen LogP contribution in [-0.4, -0.2) is 36.8 Å². The zero-order valence-electron chi connectivity index (χ0n) is 16.2. The SMILES string of the molecule is Cc1ccc(N2C[C@@H](C(=O)OCC(=O)NNC(=O)c3ccccc3Cl)CC2=O)cc1. The average Bonchev–Trinajstić information content (AvgIpc) is 3.13. The molecule has 2 aromatic carbocycles. The maximum Gasteiger partial charge on any atom is 0.311 e. The minimum atomic E-state index is -0.719. The van der Waals surface area contributed by atoms with E-state index in [9.17, 15) is 19.2 Å². The molecule has 3 rings (SSSR count). The van der Waals surface area contributed by atoms with Crippen LogP contribution in [0.1, 0.15) is 22.3 Å². The fourth-order valence-electron chi connectivity index (χ4n) is 2.97. The van der Waals surface area contributed by atoms with Crippen LogP contribution in [0.25, 0.3) is 0 Å². The highest BCUT2D eigenvalue weighted by atomic mass is 35.5. The van der Waals surface area contributed by atoms with E-state index >= 15 is 0 Å². The van der Waals surface area contributed by atoms with Gasteiger partial charge in [-0.1, -0.05) is 41.4 Å². The van der Waals surface area contributed by atoms with Crippen LogP contribution in [0.4, 0.5) is 5.69 Å². The van der Waals surface area contributed by atoms with E-state index in [-0.39, 0.29) is 29.5 Å². The van der Waals surface area contributed by atoms with Crippen molar-refractivity contribution in [1.82, 2.24) is 10.9 Å². The molecule has 30 heavy (non-hydrogen) atoms. The Morgan fingerprint density at radius 1 is 1.10 bits per heavy atom. The maximum absolute atomic E-state index is 12.2. The summed E-state index contributed by atoms with van der Waals surface area (Å²) in [5.41, 5.74) is 6.31. The number of carbonyl (C=O) groups excluding carboxylic acids is 4. The van der Waals surface area contributed by atoms with Crippen molar-refractivity contribution in [3.8, 4) is 0 Å². The lowest BCUT2D eigenvalue weighted by Crippen LogP contribution is -2.44. The van der Waals surface area contributed by atoms with Gasteiger partial charge in [-0.25, -0.2) is 0 Å². The van der Waals surface area contributed by atoms with Crippen LogP contribution >= 0.6 is 11.6 Å².